The summed E-state index contributed by atoms with van der Waals surface area (Å²) in [6, 6.07) is 0.00234. The summed E-state index contributed by atoms with van der Waals surface area (Å²) in [5.41, 5.74) is 0.746. The first kappa shape index (κ1) is 15.0. The second-order valence-electron chi connectivity index (χ2n) is 6.42. The average Bonchev–Trinajstić information content (AvgIpc) is 3.20. The van der Waals surface area contributed by atoms with Crippen LogP contribution in [0.5, 0.6) is 0 Å². The molecule has 0 bridgehead atoms. The fraction of sp³-hybridized carbons (Fsp3) is 0.750. The number of rotatable bonds is 4. The summed E-state index contributed by atoms with van der Waals surface area (Å²) < 4.78 is 0. The van der Waals surface area contributed by atoms with Gasteiger partial charge in [0.15, 0.2) is 0 Å². The lowest BCUT2D eigenvalue weighted by atomic mass is 9.93. The molecule has 0 radical (unpaired) electrons. The first-order chi connectivity index (χ1) is 10.1. The number of hydrogen-bond donors (Lipinski definition) is 1. The largest absolute Gasteiger partial charge is 0.346 e. The van der Waals surface area contributed by atoms with Crippen LogP contribution in [-0.4, -0.2) is 34.4 Å². The molecule has 2 fully saturated rings. The van der Waals surface area contributed by atoms with Crippen molar-refractivity contribution in [2.75, 3.05) is 13.1 Å². The molecule has 2 heterocycles. The molecular formula is C16H25N3OS. The van der Waals surface area contributed by atoms with Gasteiger partial charge in [-0.2, -0.15) is 0 Å². The van der Waals surface area contributed by atoms with Crippen LogP contribution in [0.3, 0.4) is 0 Å². The summed E-state index contributed by atoms with van der Waals surface area (Å²) in [6.07, 6.45) is 6.84. The van der Waals surface area contributed by atoms with Gasteiger partial charge in [0.1, 0.15) is 5.54 Å². The zero-order chi connectivity index (χ0) is 14.9. The maximum Gasteiger partial charge on any atom is 0.241 e. The maximum atomic E-state index is 13.0. The van der Waals surface area contributed by atoms with E-state index >= 15 is 0 Å². The van der Waals surface area contributed by atoms with Crippen molar-refractivity contribution in [1.29, 1.82) is 0 Å². The molecule has 3 rings (SSSR count). The maximum absolute atomic E-state index is 13.0. The van der Waals surface area contributed by atoms with E-state index in [2.05, 4.69) is 20.6 Å². The molecule has 21 heavy (non-hydrogen) atoms. The minimum absolute atomic E-state index is 0.00234. The monoisotopic (exact) mass is 307 g/mol. The SMILES string of the molecule is Cc1nc(C(C)NC(=O)C2(N3CCCC3)CCCC2)cs1. The van der Waals surface area contributed by atoms with Gasteiger partial charge in [-0.05, 0) is 52.6 Å². The van der Waals surface area contributed by atoms with E-state index in [-0.39, 0.29) is 17.5 Å². The van der Waals surface area contributed by atoms with Crippen LogP contribution in [0.4, 0.5) is 0 Å². The lowest BCUT2D eigenvalue weighted by Crippen LogP contribution is -2.56. The van der Waals surface area contributed by atoms with Crippen LogP contribution in [0.2, 0.25) is 0 Å². The van der Waals surface area contributed by atoms with Gasteiger partial charge in [-0.25, -0.2) is 4.98 Å². The van der Waals surface area contributed by atoms with Gasteiger partial charge in [-0.1, -0.05) is 12.8 Å². The van der Waals surface area contributed by atoms with E-state index in [9.17, 15) is 4.79 Å². The highest BCUT2D eigenvalue weighted by Crippen LogP contribution is 2.38. The van der Waals surface area contributed by atoms with Gasteiger partial charge in [-0.3, -0.25) is 9.69 Å². The molecular weight excluding hydrogens is 282 g/mol. The summed E-state index contributed by atoms with van der Waals surface area (Å²) in [4.78, 5) is 19.9. The predicted octanol–water partition coefficient (Wildman–Crippen LogP) is 3.04. The van der Waals surface area contributed by atoms with Crippen molar-refractivity contribution in [3.63, 3.8) is 0 Å². The van der Waals surface area contributed by atoms with Gasteiger partial charge in [0.2, 0.25) is 5.91 Å². The summed E-state index contributed by atoms with van der Waals surface area (Å²) in [7, 11) is 0. The average molecular weight is 307 g/mol. The standard InChI is InChI=1S/C16H25N3OS/c1-12(14-11-21-13(2)18-14)17-15(20)16(7-3-4-8-16)19-9-5-6-10-19/h11-12H,3-10H2,1-2H3,(H,17,20). The number of carbonyl (C=O) groups is 1. The summed E-state index contributed by atoms with van der Waals surface area (Å²) in [5.74, 6) is 0.222. The number of nitrogens with zero attached hydrogens (tertiary/aromatic N) is 2. The molecule has 116 valence electrons. The third-order valence-electron chi connectivity index (χ3n) is 4.99. The Morgan fingerprint density at radius 3 is 2.57 bits per heavy atom. The normalized spacial score (nSPS) is 23.3. The van der Waals surface area contributed by atoms with Crippen molar-refractivity contribution in [2.24, 2.45) is 0 Å². The first-order valence-electron chi connectivity index (χ1n) is 8.10. The number of hydrogen-bond acceptors (Lipinski definition) is 4. The van der Waals surface area contributed by atoms with Crippen LogP contribution in [0.1, 0.15) is 62.2 Å². The Balaban J connectivity index is 1.72. The van der Waals surface area contributed by atoms with Gasteiger partial charge in [-0.15, -0.1) is 11.3 Å². The predicted molar refractivity (Wildman–Crippen MR) is 85.4 cm³/mol. The quantitative estimate of drug-likeness (QED) is 0.930. The molecule has 1 aromatic heterocycles. The van der Waals surface area contributed by atoms with Crippen molar-refractivity contribution >= 4 is 17.2 Å². The molecule has 1 aliphatic heterocycles. The van der Waals surface area contributed by atoms with Crippen LogP contribution in [-0.2, 0) is 4.79 Å². The highest BCUT2D eigenvalue weighted by atomic mass is 32.1. The topological polar surface area (TPSA) is 45.2 Å². The summed E-state index contributed by atoms with van der Waals surface area (Å²) >= 11 is 1.64. The molecule has 1 saturated carbocycles. The third kappa shape index (κ3) is 2.86. The zero-order valence-corrected chi connectivity index (χ0v) is 13.8. The lowest BCUT2D eigenvalue weighted by molar-refractivity contribution is -0.133. The molecule has 1 aromatic rings. The summed E-state index contributed by atoms with van der Waals surface area (Å²) in [5, 5.41) is 6.34. The van der Waals surface area contributed by atoms with Crippen LogP contribution in [0.25, 0.3) is 0 Å². The second kappa shape index (κ2) is 6.05. The van der Waals surface area contributed by atoms with Crippen LogP contribution >= 0.6 is 11.3 Å². The number of carbonyl (C=O) groups excluding carboxylic acids is 1. The van der Waals surface area contributed by atoms with E-state index in [1.165, 1.54) is 25.7 Å². The molecule has 1 unspecified atom stereocenters. The highest BCUT2D eigenvalue weighted by molar-refractivity contribution is 7.09. The minimum atomic E-state index is -0.240. The van der Waals surface area contributed by atoms with Crippen molar-refractivity contribution in [3.8, 4) is 0 Å². The van der Waals surface area contributed by atoms with Crippen LogP contribution in [0, 0.1) is 6.92 Å². The fourth-order valence-electron chi connectivity index (χ4n) is 3.78. The second-order valence-corrected chi connectivity index (χ2v) is 7.48. The molecule has 0 aromatic carbocycles. The van der Waals surface area contributed by atoms with E-state index in [0.717, 1.165) is 36.6 Å². The Bertz CT molecular complexity index is 501. The molecule has 1 saturated heterocycles. The number of amides is 1. The van der Waals surface area contributed by atoms with Crippen molar-refractivity contribution in [3.05, 3.63) is 16.1 Å². The summed E-state index contributed by atoms with van der Waals surface area (Å²) in [6.45, 7) is 6.21. The fourth-order valence-corrected chi connectivity index (χ4v) is 4.48. The van der Waals surface area contributed by atoms with Crippen LogP contribution in [0.15, 0.2) is 5.38 Å². The van der Waals surface area contributed by atoms with E-state index < -0.39 is 0 Å². The Labute approximate surface area is 130 Å². The first-order valence-corrected chi connectivity index (χ1v) is 8.98. The van der Waals surface area contributed by atoms with E-state index in [4.69, 9.17) is 0 Å². The van der Waals surface area contributed by atoms with Gasteiger partial charge >= 0.3 is 0 Å². The molecule has 5 heteroatoms. The highest BCUT2D eigenvalue weighted by Gasteiger charge is 2.47. The van der Waals surface area contributed by atoms with Gasteiger partial charge in [0.05, 0.1) is 16.7 Å². The zero-order valence-electron chi connectivity index (χ0n) is 13.0. The number of aromatic nitrogens is 1. The lowest BCUT2D eigenvalue weighted by Gasteiger charge is -2.38. The van der Waals surface area contributed by atoms with Crippen molar-refractivity contribution in [1.82, 2.24) is 15.2 Å². The van der Waals surface area contributed by atoms with Crippen LogP contribution < -0.4 is 5.32 Å². The molecule has 1 amide bonds. The van der Waals surface area contributed by atoms with E-state index in [1.54, 1.807) is 11.3 Å². The third-order valence-corrected chi connectivity index (χ3v) is 5.78. The Morgan fingerprint density at radius 1 is 1.33 bits per heavy atom. The molecule has 2 aliphatic rings. The number of aryl methyl sites for hydroxylation is 1. The Hall–Kier alpha value is -0.940. The van der Waals surface area contributed by atoms with E-state index in [0.29, 0.717) is 0 Å². The molecule has 1 aliphatic carbocycles. The molecule has 0 spiro atoms. The minimum Gasteiger partial charge on any atom is -0.346 e. The molecule has 1 N–H and O–H groups in total. The van der Waals surface area contributed by atoms with E-state index in [1.807, 2.05) is 13.8 Å². The van der Waals surface area contributed by atoms with Gasteiger partial charge in [0.25, 0.3) is 0 Å². The molecule has 4 nitrogen and oxygen atoms in total. The molecule has 1 atom stereocenters. The van der Waals surface area contributed by atoms with Crippen molar-refractivity contribution in [2.45, 2.75) is 64.0 Å². The number of nitrogens with one attached hydrogen (secondary N) is 1. The number of thiazole rings is 1. The number of likely N-dealkylation sites (tertiary alicyclic amines) is 1. The van der Waals surface area contributed by atoms with Gasteiger partial charge < -0.3 is 5.32 Å². The van der Waals surface area contributed by atoms with Crippen molar-refractivity contribution < 1.29 is 4.79 Å². The Kier molecular flexibility index (Phi) is 4.31. The smallest absolute Gasteiger partial charge is 0.241 e. The Morgan fingerprint density at radius 2 is 2.00 bits per heavy atom. The van der Waals surface area contributed by atoms with Gasteiger partial charge in [0, 0.05) is 5.38 Å².